The molecule has 1 aliphatic heterocycles. The van der Waals surface area contributed by atoms with Gasteiger partial charge in [0.05, 0.1) is 11.8 Å². The number of hydrogen-bond acceptors (Lipinski definition) is 3. The van der Waals surface area contributed by atoms with Crippen molar-refractivity contribution in [2.45, 2.75) is 0 Å². The van der Waals surface area contributed by atoms with E-state index >= 15 is 0 Å². The lowest BCUT2D eigenvalue weighted by Crippen LogP contribution is -2.21. The third-order valence-corrected chi connectivity index (χ3v) is 3.29. The zero-order chi connectivity index (χ0) is 9.16. The maximum absolute atomic E-state index is 11.3. The van der Waals surface area contributed by atoms with Crippen LogP contribution in [0.2, 0.25) is 0 Å². The van der Waals surface area contributed by atoms with Crippen LogP contribution in [0.1, 0.15) is 0 Å². The molecule has 0 spiro atoms. The zero-order valence-electron chi connectivity index (χ0n) is 6.90. The Labute approximate surface area is 75.1 Å². The van der Waals surface area contributed by atoms with Gasteiger partial charge in [0.15, 0.2) is 0 Å². The Hall–Kier alpha value is -1.38. The van der Waals surface area contributed by atoms with E-state index in [4.69, 9.17) is 0 Å². The molecular formula is C10H8O3. The molecule has 1 saturated carbocycles. The molecule has 0 aromatic rings. The van der Waals surface area contributed by atoms with Crippen LogP contribution in [-0.4, -0.2) is 11.9 Å². The van der Waals surface area contributed by atoms with Gasteiger partial charge in [-0.05, 0) is 0 Å². The molecule has 3 aliphatic rings. The summed E-state index contributed by atoms with van der Waals surface area (Å²) in [4.78, 5) is 22.6. The Balaban J connectivity index is 2.14. The van der Waals surface area contributed by atoms with E-state index in [9.17, 15) is 9.59 Å². The number of ether oxygens (including phenoxy) is 1. The number of carbonyl (C=O) groups is 2. The molecular weight excluding hydrogens is 168 g/mol. The van der Waals surface area contributed by atoms with Crippen molar-refractivity contribution in [1.82, 2.24) is 0 Å². The summed E-state index contributed by atoms with van der Waals surface area (Å²) in [6.07, 6.45) is 3.93. The highest BCUT2D eigenvalue weighted by molar-refractivity contribution is 5.99. The monoisotopic (exact) mass is 176 g/mol. The van der Waals surface area contributed by atoms with Crippen molar-refractivity contribution in [3.8, 4) is 0 Å². The quantitative estimate of drug-likeness (QED) is 0.309. The maximum atomic E-state index is 11.3. The molecule has 2 fully saturated rings. The molecule has 3 nitrogen and oxygen atoms in total. The first-order chi connectivity index (χ1) is 6.20. The summed E-state index contributed by atoms with van der Waals surface area (Å²) in [7, 11) is 0. The molecule has 3 heteroatoms. The molecule has 2 aliphatic carbocycles. The second kappa shape index (κ2) is 1.92. The highest BCUT2D eigenvalue weighted by Gasteiger charge is 2.59. The molecule has 0 radical (unpaired) electrons. The van der Waals surface area contributed by atoms with Crippen LogP contribution >= 0.6 is 0 Å². The first-order valence-electron chi connectivity index (χ1n) is 4.32. The first kappa shape index (κ1) is 7.06. The fourth-order valence-corrected chi connectivity index (χ4v) is 2.68. The molecule has 0 N–H and O–H groups in total. The standard InChI is InChI=1S/C10H8O3/c1-4-5-2-3-6(4)8-7(5)9(11)13-10(8)12/h2-3,5-8H,1H2. The number of rotatable bonds is 0. The Morgan fingerprint density at radius 1 is 1.08 bits per heavy atom. The van der Waals surface area contributed by atoms with Crippen LogP contribution in [0.15, 0.2) is 24.3 Å². The predicted octanol–water partition coefficient (Wildman–Crippen LogP) is 0.674. The van der Waals surface area contributed by atoms with Gasteiger partial charge in [-0.3, -0.25) is 9.59 Å². The minimum absolute atomic E-state index is 0.0500. The topological polar surface area (TPSA) is 43.4 Å². The number of esters is 2. The third-order valence-electron chi connectivity index (χ3n) is 3.29. The van der Waals surface area contributed by atoms with Crippen molar-refractivity contribution in [2.24, 2.45) is 23.7 Å². The van der Waals surface area contributed by atoms with Gasteiger partial charge in [0.1, 0.15) is 0 Å². The molecule has 0 aromatic carbocycles. The molecule has 2 bridgehead atoms. The van der Waals surface area contributed by atoms with Crippen LogP contribution < -0.4 is 0 Å². The van der Waals surface area contributed by atoms with E-state index < -0.39 is 0 Å². The summed E-state index contributed by atoms with van der Waals surface area (Å²) in [5.74, 6) is -1.17. The van der Waals surface area contributed by atoms with Crippen molar-refractivity contribution in [3.05, 3.63) is 24.3 Å². The number of carbonyl (C=O) groups excluding carboxylic acids is 2. The molecule has 0 amide bonds. The largest absolute Gasteiger partial charge is 0.393 e. The molecule has 4 atom stereocenters. The van der Waals surface area contributed by atoms with Crippen molar-refractivity contribution in [3.63, 3.8) is 0 Å². The van der Waals surface area contributed by atoms with Crippen LogP contribution in [0.3, 0.4) is 0 Å². The molecule has 4 unspecified atom stereocenters. The van der Waals surface area contributed by atoms with Crippen LogP contribution in [0, 0.1) is 23.7 Å². The number of cyclic esters (lactones) is 2. The normalized spacial score (nSPS) is 45.7. The second-order valence-electron chi connectivity index (χ2n) is 3.80. The van der Waals surface area contributed by atoms with Crippen molar-refractivity contribution < 1.29 is 14.3 Å². The molecule has 13 heavy (non-hydrogen) atoms. The molecule has 1 heterocycles. The van der Waals surface area contributed by atoms with E-state index in [1.165, 1.54) is 0 Å². The average molecular weight is 176 g/mol. The van der Waals surface area contributed by atoms with E-state index in [1.807, 2.05) is 12.2 Å². The van der Waals surface area contributed by atoms with Gasteiger partial charge in [0, 0.05) is 11.8 Å². The fourth-order valence-electron chi connectivity index (χ4n) is 2.68. The van der Waals surface area contributed by atoms with E-state index in [0.717, 1.165) is 5.57 Å². The molecule has 0 aromatic heterocycles. The Morgan fingerprint density at radius 2 is 1.54 bits per heavy atom. The van der Waals surface area contributed by atoms with Crippen molar-refractivity contribution in [2.75, 3.05) is 0 Å². The fraction of sp³-hybridized carbons (Fsp3) is 0.400. The Bertz CT molecular complexity index is 334. The molecule has 3 rings (SSSR count). The summed E-state index contributed by atoms with van der Waals surface area (Å²) in [6.45, 7) is 3.91. The van der Waals surface area contributed by atoms with Gasteiger partial charge in [-0.1, -0.05) is 24.3 Å². The smallest absolute Gasteiger partial charge is 0.318 e. The van der Waals surface area contributed by atoms with E-state index in [0.29, 0.717) is 0 Å². The summed E-state index contributed by atoms with van der Waals surface area (Å²) < 4.78 is 4.60. The number of hydrogen-bond donors (Lipinski definition) is 0. The maximum Gasteiger partial charge on any atom is 0.318 e. The summed E-state index contributed by atoms with van der Waals surface area (Å²) in [5, 5.41) is 0. The van der Waals surface area contributed by atoms with Gasteiger partial charge in [-0.25, -0.2) is 0 Å². The first-order valence-corrected chi connectivity index (χ1v) is 4.32. The van der Waals surface area contributed by atoms with Gasteiger partial charge >= 0.3 is 11.9 Å². The van der Waals surface area contributed by atoms with Crippen LogP contribution in [0.4, 0.5) is 0 Å². The van der Waals surface area contributed by atoms with E-state index in [-0.39, 0.29) is 35.6 Å². The lowest BCUT2D eigenvalue weighted by atomic mass is 9.85. The second-order valence-corrected chi connectivity index (χ2v) is 3.80. The highest BCUT2D eigenvalue weighted by Crippen LogP contribution is 2.54. The third kappa shape index (κ3) is 0.622. The van der Waals surface area contributed by atoms with Gasteiger partial charge in [-0.15, -0.1) is 0 Å². The molecule has 1 saturated heterocycles. The van der Waals surface area contributed by atoms with Crippen LogP contribution in [0.5, 0.6) is 0 Å². The van der Waals surface area contributed by atoms with E-state index in [2.05, 4.69) is 11.3 Å². The summed E-state index contributed by atoms with van der Waals surface area (Å²) in [6, 6.07) is 0. The number of fused-ring (bicyclic) bond motifs is 5. The lowest BCUT2D eigenvalue weighted by Gasteiger charge is -2.11. The lowest BCUT2D eigenvalue weighted by molar-refractivity contribution is -0.154. The zero-order valence-corrected chi connectivity index (χ0v) is 6.90. The summed E-state index contributed by atoms with van der Waals surface area (Å²) in [5.41, 5.74) is 1.00. The Kier molecular flexibility index (Phi) is 1.04. The minimum atomic E-state index is -0.368. The van der Waals surface area contributed by atoms with Crippen LogP contribution in [-0.2, 0) is 14.3 Å². The van der Waals surface area contributed by atoms with Crippen LogP contribution in [0.25, 0.3) is 0 Å². The Morgan fingerprint density at radius 3 is 2.00 bits per heavy atom. The summed E-state index contributed by atoms with van der Waals surface area (Å²) >= 11 is 0. The van der Waals surface area contributed by atoms with Crippen molar-refractivity contribution >= 4 is 11.9 Å². The predicted molar refractivity (Wildman–Crippen MR) is 43.3 cm³/mol. The highest BCUT2D eigenvalue weighted by atomic mass is 16.6. The SMILES string of the molecule is C=C1C2C=CC1C1C(=O)OC(=O)C21. The molecule has 66 valence electrons. The van der Waals surface area contributed by atoms with Gasteiger partial charge in [0.25, 0.3) is 0 Å². The van der Waals surface area contributed by atoms with Gasteiger partial charge in [-0.2, -0.15) is 0 Å². The average Bonchev–Trinajstić information content (AvgIpc) is 2.67. The number of allylic oxidation sites excluding steroid dienone is 3. The van der Waals surface area contributed by atoms with E-state index in [1.54, 1.807) is 0 Å². The van der Waals surface area contributed by atoms with Crippen molar-refractivity contribution in [1.29, 1.82) is 0 Å². The van der Waals surface area contributed by atoms with Gasteiger partial charge < -0.3 is 4.74 Å². The minimum Gasteiger partial charge on any atom is -0.393 e. The van der Waals surface area contributed by atoms with Gasteiger partial charge in [0.2, 0.25) is 0 Å².